The van der Waals surface area contributed by atoms with Crippen LogP contribution in [0, 0.1) is 40.4 Å². The zero-order valence-corrected chi connectivity index (χ0v) is 17.7. The zero-order valence-electron chi connectivity index (χ0n) is 17.7. The van der Waals surface area contributed by atoms with Crippen LogP contribution < -0.4 is 0 Å². The van der Waals surface area contributed by atoms with Crippen molar-refractivity contribution in [2.24, 2.45) is 40.4 Å². The van der Waals surface area contributed by atoms with Crippen LogP contribution in [0.5, 0.6) is 0 Å². The van der Waals surface area contributed by atoms with E-state index in [1.54, 1.807) is 5.57 Å². The summed E-state index contributed by atoms with van der Waals surface area (Å²) in [5, 5.41) is 10.2. The monoisotopic (exact) mass is 374 g/mol. The number of esters is 1. The maximum Gasteiger partial charge on any atom is 0.302 e. The molecule has 4 rings (SSSR count). The van der Waals surface area contributed by atoms with E-state index in [-0.39, 0.29) is 12.1 Å². The van der Waals surface area contributed by atoms with Crippen molar-refractivity contribution in [3.63, 3.8) is 0 Å². The number of hydrogen-bond donors (Lipinski definition) is 1. The van der Waals surface area contributed by atoms with E-state index in [1.807, 2.05) is 0 Å². The first-order valence-electron chi connectivity index (χ1n) is 11.3. The Hall–Kier alpha value is -0.830. The number of rotatable bonds is 3. The molecule has 0 aliphatic heterocycles. The number of ether oxygens (including phenoxy) is 1. The van der Waals surface area contributed by atoms with Gasteiger partial charge in [-0.25, -0.2) is 0 Å². The van der Waals surface area contributed by atoms with E-state index in [1.165, 1.54) is 39.0 Å². The molecule has 3 heteroatoms. The normalized spacial score (nSPS) is 47.3. The third kappa shape index (κ3) is 3.09. The largest absolute Gasteiger partial charge is 0.466 e. The lowest BCUT2D eigenvalue weighted by atomic mass is 9.47. The Bertz CT molecular complexity index is 625. The van der Waals surface area contributed by atoms with Crippen LogP contribution in [0.1, 0.15) is 79.1 Å². The molecule has 0 bridgehead atoms. The molecule has 0 spiro atoms. The highest BCUT2D eigenvalue weighted by Gasteiger charge is 2.59. The van der Waals surface area contributed by atoms with Gasteiger partial charge in [-0.2, -0.15) is 0 Å². The maximum atomic E-state index is 11.3. The van der Waals surface area contributed by atoms with E-state index in [9.17, 15) is 9.90 Å². The number of hydrogen-bond acceptors (Lipinski definition) is 3. The van der Waals surface area contributed by atoms with Crippen molar-refractivity contribution in [2.75, 3.05) is 6.61 Å². The van der Waals surface area contributed by atoms with Crippen molar-refractivity contribution in [1.29, 1.82) is 0 Å². The molecule has 3 nitrogen and oxygen atoms in total. The van der Waals surface area contributed by atoms with Gasteiger partial charge in [-0.1, -0.05) is 32.4 Å². The second kappa shape index (κ2) is 6.90. The smallest absolute Gasteiger partial charge is 0.302 e. The van der Waals surface area contributed by atoms with Crippen LogP contribution in [0.15, 0.2) is 11.6 Å². The van der Waals surface area contributed by atoms with E-state index in [4.69, 9.17) is 4.74 Å². The molecule has 3 fully saturated rings. The van der Waals surface area contributed by atoms with Crippen LogP contribution in [-0.4, -0.2) is 23.8 Å². The van der Waals surface area contributed by atoms with Crippen LogP contribution in [-0.2, 0) is 9.53 Å². The van der Waals surface area contributed by atoms with Crippen LogP contribution in [0.25, 0.3) is 0 Å². The Morgan fingerprint density at radius 1 is 1.22 bits per heavy atom. The Kier molecular flexibility index (Phi) is 4.98. The van der Waals surface area contributed by atoms with E-state index >= 15 is 0 Å². The Balaban J connectivity index is 1.54. The number of allylic oxidation sites excluding steroid dienone is 1. The molecule has 0 aromatic carbocycles. The van der Waals surface area contributed by atoms with Gasteiger partial charge in [-0.15, -0.1) is 0 Å². The molecular formula is C24H38O3. The first-order chi connectivity index (χ1) is 12.8. The van der Waals surface area contributed by atoms with Crippen LogP contribution in [0.2, 0.25) is 0 Å². The van der Waals surface area contributed by atoms with Gasteiger partial charge in [0.05, 0.1) is 12.7 Å². The summed E-state index contributed by atoms with van der Waals surface area (Å²) in [6.45, 7) is 9.43. The lowest BCUT2D eigenvalue weighted by molar-refractivity contribution is -0.143. The molecule has 0 amide bonds. The van der Waals surface area contributed by atoms with Crippen LogP contribution in [0.4, 0.5) is 0 Å². The van der Waals surface area contributed by atoms with E-state index < -0.39 is 0 Å². The van der Waals surface area contributed by atoms with Crippen molar-refractivity contribution in [1.82, 2.24) is 0 Å². The van der Waals surface area contributed by atoms with Crippen molar-refractivity contribution in [3.05, 3.63) is 11.6 Å². The number of aliphatic hydroxyl groups excluding tert-OH is 1. The standard InChI is InChI=1S/C24H38O3/c1-15(14-27-16(2)25)20-7-8-21-19-6-5-17-13-18(26)9-11-23(17,3)22(19)10-12-24(20,21)4/h5,15,18-22,26H,6-14H2,1-4H3/t15?,18-,19-,20+,21-,22-,23-,24+/m0/s1. The molecule has 0 saturated heterocycles. The van der Waals surface area contributed by atoms with E-state index in [0.717, 1.165) is 37.0 Å². The van der Waals surface area contributed by atoms with Gasteiger partial charge in [0.25, 0.3) is 0 Å². The summed E-state index contributed by atoms with van der Waals surface area (Å²) in [6, 6.07) is 0. The fraction of sp³-hybridized carbons (Fsp3) is 0.875. The summed E-state index contributed by atoms with van der Waals surface area (Å²) in [6.07, 6.45) is 11.9. The van der Waals surface area contributed by atoms with Gasteiger partial charge >= 0.3 is 5.97 Å². The van der Waals surface area contributed by atoms with Crippen molar-refractivity contribution >= 4 is 5.97 Å². The summed E-state index contributed by atoms with van der Waals surface area (Å²) in [7, 11) is 0. The van der Waals surface area contributed by atoms with Crippen molar-refractivity contribution < 1.29 is 14.6 Å². The third-order valence-electron chi connectivity index (χ3n) is 9.39. The van der Waals surface area contributed by atoms with Gasteiger partial charge in [-0.05, 0) is 91.8 Å². The van der Waals surface area contributed by atoms with Crippen LogP contribution in [0.3, 0.4) is 0 Å². The second-order valence-corrected chi connectivity index (χ2v) is 10.7. The molecule has 0 aromatic rings. The average molecular weight is 375 g/mol. The van der Waals surface area contributed by atoms with E-state index in [2.05, 4.69) is 26.8 Å². The predicted octanol–water partition coefficient (Wildman–Crippen LogP) is 5.13. The quantitative estimate of drug-likeness (QED) is 0.550. The summed E-state index contributed by atoms with van der Waals surface area (Å²) in [5.41, 5.74) is 2.28. The maximum absolute atomic E-state index is 11.3. The predicted molar refractivity (Wildman–Crippen MR) is 107 cm³/mol. The highest BCUT2D eigenvalue weighted by Crippen LogP contribution is 2.67. The van der Waals surface area contributed by atoms with E-state index in [0.29, 0.717) is 29.3 Å². The Labute approximate surface area is 164 Å². The van der Waals surface area contributed by atoms with Gasteiger partial charge < -0.3 is 9.84 Å². The summed E-state index contributed by atoms with van der Waals surface area (Å²) in [4.78, 5) is 11.3. The molecule has 8 atom stereocenters. The fourth-order valence-electron chi connectivity index (χ4n) is 7.98. The molecule has 152 valence electrons. The molecule has 4 aliphatic rings. The highest BCUT2D eigenvalue weighted by molar-refractivity contribution is 5.65. The molecule has 0 radical (unpaired) electrons. The minimum absolute atomic E-state index is 0.118. The van der Waals surface area contributed by atoms with Crippen molar-refractivity contribution in [3.8, 4) is 0 Å². The molecule has 4 aliphatic carbocycles. The average Bonchev–Trinajstić information content (AvgIpc) is 2.97. The molecule has 3 saturated carbocycles. The summed E-state index contributed by atoms with van der Waals surface area (Å²) in [5.74, 6) is 3.39. The minimum atomic E-state index is -0.150. The third-order valence-corrected chi connectivity index (χ3v) is 9.39. The van der Waals surface area contributed by atoms with Gasteiger partial charge in [0.15, 0.2) is 0 Å². The van der Waals surface area contributed by atoms with Gasteiger partial charge in [0.1, 0.15) is 0 Å². The lowest BCUT2D eigenvalue weighted by Gasteiger charge is -2.58. The van der Waals surface area contributed by atoms with Gasteiger partial charge in [0.2, 0.25) is 0 Å². The molecule has 0 aromatic heterocycles. The molecule has 1 N–H and O–H groups in total. The minimum Gasteiger partial charge on any atom is -0.466 e. The van der Waals surface area contributed by atoms with Gasteiger partial charge in [-0.3, -0.25) is 4.79 Å². The van der Waals surface area contributed by atoms with Crippen LogP contribution >= 0.6 is 0 Å². The molecule has 1 unspecified atom stereocenters. The Morgan fingerprint density at radius 3 is 2.74 bits per heavy atom. The molecular weight excluding hydrogens is 336 g/mol. The summed E-state index contributed by atoms with van der Waals surface area (Å²) < 4.78 is 5.37. The van der Waals surface area contributed by atoms with Crippen molar-refractivity contribution in [2.45, 2.75) is 85.2 Å². The fourth-order valence-corrected chi connectivity index (χ4v) is 7.98. The molecule has 27 heavy (non-hydrogen) atoms. The lowest BCUT2D eigenvalue weighted by Crippen LogP contribution is -2.51. The second-order valence-electron chi connectivity index (χ2n) is 10.7. The highest BCUT2D eigenvalue weighted by atomic mass is 16.5. The number of fused-ring (bicyclic) bond motifs is 5. The number of carbonyl (C=O) groups excluding carboxylic acids is 1. The van der Waals surface area contributed by atoms with Gasteiger partial charge in [0, 0.05) is 6.92 Å². The first-order valence-corrected chi connectivity index (χ1v) is 11.3. The Morgan fingerprint density at radius 2 is 2.00 bits per heavy atom. The number of carbonyl (C=O) groups is 1. The summed E-state index contributed by atoms with van der Waals surface area (Å²) >= 11 is 0. The number of aliphatic hydroxyl groups is 1. The SMILES string of the molecule is CC(=O)OCC(C)[C@H]1CC[C@H]2[C@@H]3CC=C4C[C@@H](O)CC[C@]4(C)[C@H]3CC[C@]12C. The topological polar surface area (TPSA) is 46.5 Å². The first kappa shape index (κ1) is 19.5. The zero-order chi connectivity index (χ0) is 19.4. The molecule has 0 heterocycles.